The predicted octanol–water partition coefficient (Wildman–Crippen LogP) is 4.06. The van der Waals surface area contributed by atoms with Crippen molar-refractivity contribution in [3.05, 3.63) is 72.5 Å². The van der Waals surface area contributed by atoms with Gasteiger partial charge in [-0.3, -0.25) is 4.79 Å². The molecule has 0 saturated carbocycles. The molecule has 4 aromatic rings. The first kappa shape index (κ1) is 21.2. The summed E-state index contributed by atoms with van der Waals surface area (Å²) in [6.45, 7) is 2.36. The van der Waals surface area contributed by atoms with Gasteiger partial charge in [0.1, 0.15) is 5.75 Å². The Morgan fingerprint density at radius 1 is 1.03 bits per heavy atom. The third-order valence-electron chi connectivity index (χ3n) is 3.96. The average molecular weight is 419 g/mol. The predicted molar refractivity (Wildman–Crippen MR) is 108 cm³/mol. The van der Waals surface area contributed by atoms with Crippen LogP contribution in [0.5, 0.6) is 5.75 Å². The summed E-state index contributed by atoms with van der Waals surface area (Å²) < 4.78 is 16.4. The summed E-state index contributed by atoms with van der Waals surface area (Å²) >= 11 is 0. The zero-order valence-corrected chi connectivity index (χ0v) is 16.4. The number of rotatable bonds is 6. The Morgan fingerprint density at radius 2 is 1.81 bits per heavy atom. The SMILES string of the molecule is CCOc1ccccc1C(=O)Nc1cccc(-c2nnc(-c3ccco3)o2)c1.O=C=O. The van der Waals surface area contributed by atoms with Gasteiger partial charge in [0, 0.05) is 11.3 Å². The number of carbonyl (C=O) groups is 1. The van der Waals surface area contributed by atoms with Crippen molar-refractivity contribution in [2.75, 3.05) is 11.9 Å². The molecule has 0 bridgehead atoms. The molecule has 9 heteroatoms. The van der Waals surface area contributed by atoms with E-state index in [1.165, 1.54) is 6.26 Å². The first-order valence-electron chi connectivity index (χ1n) is 9.16. The van der Waals surface area contributed by atoms with Crippen LogP contribution in [0.25, 0.3) is 23.1 Å². The van der Waals surface area contributed by atoms with Crippen LogP contribution in [0.4, 0.5) is 5.69 Å². The number of hydrogen-bond donors (Lipinski definition) is 1. The molecule has 0 saturated heterocycles. The van der Waals surface area contributed by atoms with E-state index in [4.69, 9.17) is 23.2 Å². The van der Waals surface area contributed by atoms with Gasteiger partial charge in [0.25, 0.3) is 11.8 Å². The molecule has 156 valence electrons. The van der Waals surface area contributed by atoms with Crippen molar-refractivity contribution in [2.24, 2.45) is 0 Å². The number of nitrogens with one attached hydrogen (secondary N) is 1. The van der Waals surface area contributed by atoms with E-state index in [0.29, 0.717) is 46.7 Å². The third-order valence-corrected chi connectivity index (χ3v) is 3.96. The Kier molecular flexibility index (Phi) is 7.07. The third kappa shape index (κ3) is 5.31. The fraction of sp³-hybridized carbons (Fsp3) is 0.0909. The lowest BCUT2D eigenvalue weighted by Crippen LogP contribution is -2.13. The number of carbonyl (C=O) groups excluding carboxylic acids is 3. The van der Waals surface area contributed by atoms with Gasteiger partial charge in [-0.25, -0.2) is 0 Å². The molecule has 0 unspecified atom stereocenters. The van der Waals surface area contributed by atoms with E-state index < -0.39 is 0 Å². The molecule has 1 N–H and O–H groups in total. The van der Waals surface area contributed by atoms with E-state index in [1.807, 2.05) is 19.1 Å². The standard InChI is InChI=1S/C21H17N3O4.CO2/c1-2-26-17-10-4-3-9-16(17)19(25)22-15-8-5-7-14(13-15)20-23-24-21(28-20)18-11-6-12-27-18;2-1-3/h3-13H,2H2,1H3,(H,22,25);. The molecule has 4 rings (SSSR count). The van der Waals surface area contributed by atoms with E-state index in [0.717, 1.165) is 0 Å². The van der Waals surface area contributed by atoms with Gasteiger partial charge in [-0.15, -0.1) is 10.2 Å². The summed E-state index contributed by atoms with van der Waals surface area (Å²) in [6.07, 6.45) is 1.79. The van der Waals surface area contributed by atoms with Crippen LogP contribution in [0.2, 0.25) is 0 Å². The van der Waals surface area contributed by atoms with Crippen molar-refractivity contribution in [1.82, 2.24) is 10.2 Å². The molecule has 0 atom stereocenters. The van der Waals surface area contributed by atoms with Crippen molar-refractivity contribution in [2.45, 2.75) is 6.92 Å². The number of anilines is 1. The van der Waals surface area contributed by atoms with Crippen molar-refractivity contribution in [3.63, 3.8) is 0 Å². The Balaban J connectivity index is 0.000000858. The minimum Gasteiger partial charge on any atom is -0.493 e. The summed E-state index contributed by atoms with van der Waals surface area (Å²) in [6, 6.07) is 17.8. The highest BCUT2D eigenvalue weighted by Gasteiger charge is 2.15. The zero-order chi connectivity index (χ0) is 22.1. The smallest absolute Gasteiger partial charge is 0.373 e. The van der Waals surface area contributed by atoms with Crippen LogP contribution in [-0.4, -0.2) is 28.9 Å². The summed E-state index contributed by atoms with van der Waals surface area (Å²) in [7, 11) is 0. The molecule has 0 radical (unpaired) electrons. The summed E-state index contributed by atoms with van der Waals surface area (Å²) in [5.74, 6) is 1.40. The largest absolute Gasteiger partial charge is 0.493 e. The molecule has 2 aromatic heterocycles. The van der Waals surface area contributed by atoms with E-state index in [9.17, 15) is 4.79 Å². The number of nitrogens with zero attached hydrogens (tertiary/aromatic N) is 2. The van der Waals surface area contributed by atoms with Crippen molar-refractivity contribution < 1.29 is 28.0 Å². The van der Waals surface area contributed by atoms with Gasteiger partial charge in [0.05, 0.1) is 18.4 Å². The van der Waals surface area contributed by atoms with Crippen LogP contribution in [0.1, 0.15) is 17.3 Å². The summed E-state index contributed by atoms with van der Waals surface area (Å²) in [5.41, 5.74) is 1.75. The first-order chi connectivity index (χ1) is 15.2. The topological polar surface area (TPSA) is 125 Å². The lowest BCUT2D eigenvalue weighted by Gasteiger charge is -2.10. The van der Waals surface area contributed by atoms with E-state index in [-0.39, 0.29) is 12.1 Å². The highest BCUT2D eigenvalue weighted by atomic mass is 16.5. The Morgan fingerprint density at radius 3 is 2.55 bits per heavy atom. The number of aromatic nitrogens is 2. The molecular weight excluding hydrogens is 402 g/mol. The fourth-order valence-electron chi connectivity index (χ4n) is 2.70. The van der Waals surface area contributed by atoms with E-state index >= 15 is 0 Å². The van der Waals surface area contributed by atoms with Gasteiger partial charge in [-0.2, -0.15) is 9.59 Å². The van der Waals surface area contributed by atoms with Crippen LogP contribution in [0.15, 0.2) is 75.8 Å². The second-order valence-electron chi connectivity index (χ2n) is 5.94. The Bertz CT molecular complexity index is 1180. The van der Waals surface area contributed by atoms with Gasteiger partial charge >= 0.3 is 6.15 Å². The molecule has 0 aliphatic rings. The average Bonchev–Trinajstić information content (AvgIpc) is 3.47. The number of benzene rings is 2. The van der Waals surface area contributed by atoms with Crippen LogP contribution < -0.4 is 10.1 Å². The molecule has 0 aliphatic carbocycles. The molecule has 0 aliphatic heterocycles. The van der Waals surface area contributed by atoms with Crippen LogP contribution >= 0.6 is 0 Å². The molecular formula is C22H17N3O6. The molecule has 0 fully saturated rings. The van der Waals surface area contributed by atoms with Gasteiger partial charge in [-0.05, 0) is 49.4 Å². The molecule has 9 nitrogen and oxygen atoms in total. The minimum absolute atomic E-state index is 0.250. The van der Waals surface area contributed by atoms with Gasteiger partial charge in [0.2, 0.25) is 5.89 Å². The van der Waals surface area contributed by atoms with Gasteiger partial charge < -0.3 is 18.9 Å². The highest BCUT2D eigenvalue weighted by Crippen LogP contribution is 2.26. The molecule has 2 heterocycles. The maximum atomic E-state index is 12.7. The van der Waals surface area contributed by atoms with E-state index in [2.05, 4.69) is 15.5 Å². The lowest BCUT2D eigenvalue weighted by molar-refractivity contribution is -0.191. The Hall–Kier alpha value is -4.49. The maximum absolute atomic E-state index is 12.7. The van der Waals surface area contributed by atoms with Gasteiger partial charge in [-0.1, -0.05) is 18.2 Å². The van der Waals surface area contributed by atoms with Crippen LogP contribution in [0, 0.1) is 0 Å². The number of hydrogen-bond acceptors (Lipinski definition) is 8. The fourth-order valence-corrected chi connectivity index (χ4v) is 2.70. The van der Waals surface area contributed by atoms with Crippen LogP contribution in [-0.2, 0) is 9.59 Å². The molecule has 0 spiro atoms. The molecule has 2 aromatic carbocycles. The number of amides is 1. The monoisotopic (exact) mass is 419 g/mol. The van der Waals surface area contributed by atoms with Crippen LogP contribution in [0.3, 0.4) is 0 Å². The number of para-hydroxylation sites is 1. The molecule has 1 amide bonds. The highest BCUT2D eigenvalue weighted by molar-refractivity contribution is 6.06. The summed E-state index contributed by atoms with van der Waals surface area (Å²) in [4.78, 5) is 28.9. The summed E-state index contributed by atoms with van der Waals surface area (Å²) in [5, 5.41) is 10.9. The molecule has 31 heavy (non-hydrogen) atoms. The Labute approximate surface area is 176 Å². The number of furan rings is 1. The van der Waals surface area contributed by atoms with Gasteiger partial charge in [0.15, 0.2) is 5.76 Å². The van der Waals surface area contributed by atoms with E-state index in [1.54, 1.807) is 48.5 Å². The quantitative estimate of drug-likeness (QED) is 0.496. The number of ether oxygens (including phenoxy) is 1. The van der Waals surface area contributed by atoms with Crippen molar-refractivity contribution in [3.8, 4) is 28.9 Å². The first-order valence-corrected chi connectivity index (χ1v) is 9.16. The van der Waals surface area contributed by atoms with Crippen molar-refractivity contribution >= 4 is 17.7 Å². The lowest BCUT2D eigenvalue weighted by atomic mass is 10.1. The zero-order valence-electron chi connectivity index (χ0n) is 16.4. The minimum atomic E-state index is -0.261. The second-order valence-corrected chi connectivity index (χ2v) is 5.94. The normalized spacial score (nSPS) is 9.84. The van der Waals surface area contributed by atoms with Crippen molar-refractivity contribution in [1.29, 1.82) is 0 Å². The maximum Gasteiger partial charge on any atom is 0.373 e. The second kappa shape index (κ2) is 10.3.